The molecule has 0 bridgehead atoms. The Morgan fingerprint density at radius 1 is 1.41 bits per heavy atom. The van der Waals surface area contributed by atoms with Crippen LogP contribution < -0.4 is 10.1 Å². The van der Waals surface area contributed by atoms with Crippen LogP contribution in [0.1, 0.15) is 24.2 Å². The molecule has 0 saturated carbocycles. The highest BCUT2D eigenvalue weighted by atomic mass is 16.5. The van der Waals surface area contributed by atoms with Gasteiger partial charge in [-0.2, -0.15) is 5.10 Å². The second kappa shape index (κ2) is 10.8. The number of hydrogen-bond acceptors (Lipinski definition) is 6. The molecule has 1 atom stereocenters. The van der Waals surface area contributed by atoms with Crippen molar-refractivity contribution in [2.75, 3.05) is 46.6 Å². The number of hydrogen-bond donors (Lipinski definition) is 1. The molecule has 0 aliphatic carbocycles. The Balaban J connectivity index is 1.70. The van der Waals surface area contributed by atoms with Gasteiger partial charge in [0.05, 0.1) is 32.5 Å². The van der Waals surface area contributed by atoms with Gasteiger partial charge in [-0.1, -0.05) is 6.07 Å². The molecular formula is C20H30N6O3. The molecule has 1 unspecified atom stereocenters. The molecular weight excluding hydrogens is 372 g/mol. The van der Waals surface area contributed by atoms with Crippen LogP contribution in [0.4, 0.5) is 0 Å². The van der Waals surface area contributed by atoms with Crippen molar-refractivity contribution < 1.29 is 14.2 Å². The molecule has 2 aromatic rings. The van der Waals surface area contributed by atoms with Gasteiger partial charge >= 0.3 is 0 Å². The lowest BCUT2D eigenvalue weighted by atomic mass is 10.1. The van der Waals surface area contributed by atoms with E-state index in [2.05, 4.69) is 27.2 Å². The molecule has 1 aliphatic rings. The van der Waals surface area contributed by atoms with Gasteiger partial charge in [0.2, 0.25) is 5.88 Å². The third-order valence-electron chi connectivity index (χ3n) is 4.57. The van der Waals surface area contributed by atoms with Crippen molar-refractivity contribution in [3.63, 3.8) is 0 Å². The van der Waals surface area contributed by atoms with Gasteiger partial charge in [-0.05, 0) is 13.0 Å². The Hall–Kier alpha value is -2.65. The molecule has 0 spiro atoms. The highest BCUT2D eigenvalue weighted by molar-refractivity contribution is 5.80. The van der Waals surface area contributed by atoms with Crippen LogP contribution >= 0.6 is 0 Å². The minimum absolute atomic E-state index is 0.0207. The number of aryl methyl sites for hydroxylation is 1. The maximum atomic E-state index is 5.95. The van der Waals surface area contributed by atoms with E-state index in [1.165, 1.54) is 0 Å². The summed E-state index contributed by atoms with van der Waals surface area (Å²) in [5.74, 6) is 1.45. The number of nitrogens with zero attached hydrogens (tertiary/aromatic N) is 5. The van der Waals surface area contributed by atoms with Crippen molar-refractivity contribution in [1.29, 1.82) is 0 Å². The van der Waals surface area contributed by atoms with E-state index in [0.29, 0.717) is 32.2 Å². The van der Waals surface area contributed by atoms with Crippen LogP contribution in [0.15, 0.2) is 35.7 Å². The third kappa shape index (κ3) is 5.91. The predicted molar refractivity (Wildman–Crippen MR) is 110 cm³/mol. The van der Waals surface area contributed by atoms with Crippen LogP contribution in [0, 0.1) is 0 Å². The van der Waals surface area contributed by atoms with Crippen LogP contribution in [0.25, 0.3) is 0 Å². The fourth-order valence-electron chi connectivity index (χ4n) is 3.13. The Kier molecular flexibility index (Phi) is 7.83. The summed E-state index contributed by atoms with van der Waals surface area (Å²) in [5, 5.41) is 7.65. The summed E-state index contributed by atoms with van der Waals surface area (Å²) in [6, 6.07) is 3.88. The molecule has 1 saturated heterocycles. The molecule has 3 rings (SSSR count). The predicted octanol–water partition coefficient (Wildman–Crippen LogP) is 1.38. The fraction of sp³-hybridized carbons (Fsp3) is 0.550. The quantitative estimate of drug-likeness (QED) is 0.406. The smallest absolute Gasteiger partial charge is 0.218 e. The average Bonchev–Trinajstić information content (AvgIpc) is 3.18. The third-order valence-corrected chi connectivity index (χ3v) is 4.57. The van der Waals surface area contributed by atoms with Gasteiger partial charge in [0.25, 0.3) is 0 Å². The minimum atomic E-state index is -0.0207. The Labute approximate surface area is 171 Å². The second-order valence-corrected chi connectivity index (χ2v) is 6.73. The first kappa shape index (κ1) is 21.1. The molecule has 3 heterocycles. The fourth-order valence-corrected chi connectivity index (χ4v) is 3.13. The van der Waals surface area contributed by atoms with Crippen molar-refractivity contribution in [2.45, 2.75) is 19.6 Å². The first-order valence-electron chi connectivity index (χ1n) is 9.90. The summed E-state index contributed by atoms with van der Waals surface area (Å²) >= 11 is 0. The Morgan fingerprint density at radius 2 is 2.31 bits per heavy atom. The lowest BCUT2D eigenvalue weighted by Gasteiger charge is -2.34. The zero-order chi connectivity index (χ0) is 20.5. The Morgan fingerprint density at radius 3 is 3.07 bits per heavy atom. The molecule has 9 heteroatoms. The molecule has 29 heavy (non-hydrogen) atoms. The van der Waals surface area contributed by atoms with E-state index in [1.807, 2.05) is 31.6 Å². The van der Waals surface area contributed by atoms with E-state index in [9.17, 15) is 0 Å². The van der Waals surface area contributed by atoms with E-state index in [-0.39, 0.29) is 6.10 Å². The van der Waals surface area contributed by atoms with Crippen LogP contribution in [0.2, 0.25) is 0 Å². The summed E-state index contributed by atoms with van der Waals surface area (Å²) < 4.78 is 18.5. The standard InChI is InChI=1S/C20H30N6O3/c1-4-21-20(23-12-16-6-5-7-22-19(16)29-11-10-27-3)26-8-9-28-18(15-26)17-13-24-25(2)14-17/h5-7,13-14,18H,4,8-12,15H2,1-3H3,(H,21,23). The molecule has 158 valence electrons. The number of rotatable bonds is 8. The van der Waals surface area contributed by atoms with E-state index in [0.717, 1.165) is 36.7 Å². The number of pyridine rings is 1. The van der Waals surface area contributed by atoms with Gasteiger partial charge in [-0.3, -0.25) is 4.68 Å². The van der Waals surface area contributed by atoms with E-state index in [1.54, 1.807) is 18.0 Å². The number of methoxy groups -OCH3 is 1. The highest BCUT2D eigenvalue weighted by Gasteiger charge is 2.25. The van der Waals surface area contributed by atoms with Gasteiger partial charge in [0, 0.05) is 50.8 Å². The lowest BCUT2D eigenvalue weighted by molar-refractivity contribution is -0.00805. The van der Waals surface area contributed by atoms with Gasteiger partial charge in [0.1, 0.15) is 12.7 Å². The van der Waals surface area contributed by atoms with Crippen molar-refractivity contribution in [3.8, 4) is 5.88 Å². The maximum absolute atomic E-state index is 5.95. The average molecular weight is 402 g/mol. The molecule has 0 aromatic carbocycles. The molecule has 0 radical (unpaired) electrons. The SMILES string of the molecule is CCNC(=NCc1cccnc1OCCOC)N1CCOC(c2cnn(C)c2)C1. The maximum Gasteiger partial charge on any atom is 0.218 e. The van der Waals surface area contributed by atoms with Gasteiger partial charge in [-0.25, -0.2) is 9.98 Å². The van der Waals surface area contributed by atoms with Gasteiger partial charge < -0.3 is 24.4 Å². The minimum Gasteiger partial charge on any atom is -0.475 e. The van der Waals surface area contributed by atoms with Crippen molar-refractivity contribution in [2.24, 2.45) is 12.0 Å². The molecule has 9 nitrogen and oxygen atoms in total. The molecule has 1 fully saturated rings. The lowest BCUT2D eigenvalue weighted by Crippen LogP contribution is -2.48. The first-order valence-corrected chi connectivity index (χ1v) is 9.90. The summed E-state index contributed by atoms with van der Waals surface area (Å²) in [6.07, 6.45) is 5.56. The normalized spacial score (nSPS) is 17.4. The van der Waals surface area contributed by atoms with Crippen molar-refractivity contribution in [3.05, 3.63) is 41.9 Å². The number of guanidine groups is 1. The summed E-state index contributed by atoms with van der Waals surface area (Å²) in [7, 11) is 3.56. The summed E-state index contributed by atoms with van der Waals surface area (Å²) in [5.41, 5.74) is 2.02. The number of nitrogens with one attached hydrogen (secondary N) is 1. The molecule has 0 amide bonds. The van der Waals surface area contributed by atoms with Gasteiger partial charge in [0.15, 0.2) is 5.96 Å². The Bertz CT molecular complexity index is 794. The van der Waals surface area contributed by atoms with Gasteiger partial charge in [-0.15, -0.1) is 0 Å². The molecule has 2 aromatic heterocycles. The van der Waals surface area contributed by atoms with E-state index >= 15 is 0 Å². The summed E-state index contributed by atoms with van der Waals surface area (Å²) in [6.45, 7) is 6.46. The van der Waals surface area contributed by atoms with Crippen molar-refractivity contribution >= 4 is 5.96 Å². The van der Waals surface area contributed by atoms with Crippen LogP contribution in [0.5, 0.6) is 5.88 Å². The van der Waals surface area contributed by atoms with E-state index < -0.39 is 0 Å². The summed E-state index contributed by atoms with van der Waals surface area (Å²) in [4.78, 5) is 11.4. The first-order chi connectivity index (χ1) is 14.2. The van der Waals surface area contributed by atoms with Crippen LogP contribution in [-0.2, 0) is 23.1 Å². The highest BCUT2D eigenvalue weighted by Crippen LogP contribution is 2.22. The zero-order valence-corrected chi connectivity index (χ0v) is 17.4. The van der Waals surface area contributed by atoms with Crippen LogP contribution in [0.3, 0.4) is 0 Å². The second-order valence-electron chi connectivity index (χ2n) is 6.73. The number of ether oxygens (including phenoxy) is 3. The number of morpholine rings is 1. The zero-order valence-electron chi connectivity index (χ0n) is 17.4. The monoisotopic (exact) mass is 402 g/mol. The van der Waals surface area contributed by atoms with Crippen molar-refractivity contribution in [1.82, 2.24) is 25.0 Å². The van der Waals surface area contributed by atoms with E-state index in [4.69, 9.17) is 19.2 Å². The number of aromatic nitrogens is 3. The largest absolute Gasteiger partial charge is 0.475 e. The number of aliphatic imine (C=N–C) groups is 1. The topological polar surface area (TPSA) is 86.0 Å². The van der Waals surface area contributed by atoms with Crippen LogP contribution in [-0.4, -0.2) is 72.2 Å². The molecule has 1 aliphatic heterocycles. The molecule has 1 N–H and O–H groups in total.